The van der Waals surface area contributed by atoms with Gasteiger partial charge in [-0.1, -0.05) is 12.8 Å². The molecule has 0 radical (unpaired) electrons. The fraction of sp³-hybridized carbons (Fsp3) is 0.538. The molecule has 1 fully saturated rings. The summed E-state index contributed by atoms with van der Waals surface area (Å²) in [5.41, 5.74) is 6.49. The maximum Gasteiger partial charge on any atom is 0.341 e. The van der Waals surface area contributed by atoms with Crippen molar-refractivity contribution in [2.75, 3.05) is 18.2 Å². The van der Waals surface area contributed by atoms with Crippen molar-refractivity contribution in [3.8, 4) is 0 Å². The molecular weight excluding hydrogens is 230 g/mol. The Balaban J connectivity index is 2.12. The van der Waals surface area contributed by atoms with Gasteiger partial charge in [0, 0.05) is 6.04 Å². The lowest BCUT2D eigenvalue weighted by atomic mass is 10.1. The number of nitrogens with one attached hydrogen (secondary N) is 1. The largest absolute Gasteiger partial charge is 0.465 e. The van der Waals surface area contributed by atoms with Gasteiger partial charge in [0.05, 0.1) is 19.0 Å². The molecule has 0 aromatic carbocycles. The molecule has 5 nitrogen and oxygen atoms in total. The van der Waals surface area contributed by atoms with Crippen LogP contribution in [0, 0.1) is 5.92 Å². The summed E-state index contributed by atoms with van der Waals surface area (Å²) < 4.78 is 4.73. The number of rotatable bonds is 5. The molecule has 1 aromatic rings. The van der Waals surface area contributed by atoms with Crippen LogP contribution in [0.5, 0.6) is 0 Å². The number of aromatic nitrogens is 1. The van der Waals surface area contributed by atoms with Crippen molar-refractivity contribution < 1.29 is 9.53 Å². The first kappa shape index (κ1) is 12.7. The predicted molar refractivity (Wildman–Crippen MR) is 70.4 cm³/mol. The normalized spacial score (nSPS) is 16.1. The number of pyridine rings is 1. The van der Waals surface area contributed by atoms with Crippen LogP contribution in [0.25, 0.3) is 0 Å². The zero-order chi connectivity index (χ0) is 13.1. The zero-order valence-corrected chi connectivity index (χ0v) is 10.8. The van der Waals surface area contributed by atoms with E-state index in [4.69, 9.17) is 10.5 Å². The Morgan fingerprint density at radius 1 is 1.67 bits per heavy atom. The topological polar surface area (TPSA) is 77.2 Å². The van der Waals surface area contributed by atoms with Gasteiger partial charge in [-0.2, -0.15) is 0 Å². The summed E-state index contributed by atoms with van der Waals surface area (Å²) in [6.45, 7) is 2.09. The second-order valence-electron chi connectivity index (χ2n) is 4.88. The monoisotopic (exact) mass is 249 g/mol. The van der Waals surface area contributed by atoms with E-state index in [1.807, 2.05) is 0 Å². The third-order valence-corrected chi connectivity index (χ3v) is 3.08. The number of nitrogens with two attached hydrogens (primary N) is 1. The number of ether oxygens (including phenoxy) is 1. The van der Waals surface area contributed by atoms with Crippen molar-refractivity contribution in [1.29, 1.82) is 0 Å². The van der Waals surface area contributed by atoms with Crippen LogP contribution in [0.15, 0.2) is 12.3 Å². The highest BCUT2D eigenvalue weighted by molar-refractivity contribution is 5.95. The van der Waals surface area contributed by atoms with Gasteiger partial charge in [-0.3, -0.25) is 0 Å². The Morgan fingerprint density at radius 2 is 2.39 bits per heavy atom. The number of carbonyl (C=O) groups is 1. The van der Waals surface area contributed by atoms with Gasteiger partial charge in [0.1, 0.15) is 11.4 Å². The predicted octanol–water partition coefficient (Wildman–Crippen LogP) is 2.05. The van der Waals surface area contributed by atoms with E-state index >= 15 is 0 Å². The zero-order valence-electron chi connectivity index (χ0n) is 10.8. The quantitative estimate of drug-likeness (QED) is 0.781. The van der Waals surface area contributed by atoms with E-state index < -0.39 is 5.97 Å². The Bertz CT molecular complexity index is 444. The van der Waals surface area contributed by atoms with Crippen molar-refractivity contribution in [3.05, 3.63) is 17.8 Å². The average molecular weight is 249 g/mol. The molecule has 3 N–H and O–H groups in total. The first-order valence-corrected chi connectivity index (χ1v) is 6.20. The third-order valence-electron chi connectivity index (χ3n) is 3.08. The fourth-order valence-corrected chi connectivity index (χ4v) is 2.01. The molecule has 98 valence electrons. The second-order valence-corrected chi connectivity index (χ2v) is 4.88. The Morgan fingerprint density at radius 3 is 3.00 bits per heavy atom. The lowest BCUT2D eigenvalue weighted by Gasteiger charge is -2.16. The van der Waals surface area contributed by atoms with Crippen LogP contribution >= 0.6 is 0 Å². The van der Waals surface area contributed by atoms with E-state index in [0.717, 1.165) is 12.3 Å². The molecule has 1 saturated carbocycles. The lowest BCUT2D eigenvalue weighted by molar-refractivity contribution is 0.0601. The van der Waals surface area contributed by atoms with Gasteiger partial charge >= 0.3 is 5.97 Å². The average Bonchev–Trinajstić information content (AvgIpc) is 3.14. The van der Waals surface area contributed by atoms with E-state index in [1.165, 1.54) is 20.0 Å². The molecule has 0 spiro atoms. The number of hydrogen-bond acceptors (Lipinski definition) is 5. The van der Waals surface area contributed by atoms with Crippen LogP contribution in [-0.4, -0.2) is 24.1 Å². The SMILES string of the molecule is COC(=O)c1cc(N)cnc1NC(C)CC1CC1. The van der Waals surface area contributed by atoms with E-state index in [0.29, 0.717) is 17.1 Å². The van der Waals surface area contributed by atoms with E-state index in [1.54, 1.807) is 12.3 Å². The Kier molecular flexibility index (Phi) is 3.69. The third kappa shape index (κ3) is 3.12. The molecule has 2 rings (SSSR count). The highest BCUT2D eigenvalue weighted by atomic mass is 16.5. The number of anilines is 2. The Hall–Kier alpha value is -1.78. The molecule has 5 heteroatoms. The molecule has 1 atom stereocenters. The number of esters is 1. The lowest BCUT2D eigenvalue weighted by Crippen LogP contribution is -2.19. The first-order chi connectivity index (χ1) is 8.60. The molecule has 1 heterocycles. The number of methoxy groups -OCH3 is 1. The molecule has 1 aromatic heterocycles. The highest BCUT2D eigenvalue weighted by Crippen LogP contribution is 2.34. The maximum absolute atomic E-state index is 11.6. The van der Waals surface area contributed by atoms with Crippen LogP contribution in [0.4, 0.5) is 11.5 Å². The van der Waals surface area contributed by atoms with Gasteiger partial charge < -0.3 is 15.8 Å². The van der Waals surface area contributed by atoms with Gasteiger partial charge in [-0.15, -0.1) is 0 Å². The molecule has 0 saturated heterocycles. The van der Waals surface area contributed by atoms with Crippen LogP contribution in [0.3, 0.4) is 0 Å². The van der Waals surface area contributed by atoms with Crippen molar-refractivity contribution in [1.82, 2.24) is 4.98 Å². The standard InChI is InChI=1S/C13H19N3O2/c1-8(5-9-3-4-9)16-12-11(13(17)18-2)6-10(14)7-15-12/h6-9H,3-5,14H2,1-2H3,(H,15,16). The van der Waals surface area contributed by atoms with Crippen LogP contribution in [0.2, 0.25) is 0 Å². The van der Waals surface area contributed by atoms with Gasteiger partial charge in [-0.05, 0) is 25.3 Å². The molecule has 0 amide bonds. The second kappa shape index (κ2) is 5.25. The van der Waals surface area contributed by atoms with Crippen molar-refractivity contribution >= 4 is 17.5 Å². The summed E-state index contributed by atoms with van der Waals surface area (Å²) in [5, 5.41) is 3.26. The summed E-state index contributed by atoms with van der Waals surface area (Å²) >= 11 is 0. The summed E-state index contributed by atoms with van der Waals surface area (Å²) in [6, 6.07) is 1.88. The van der Waals surface area contributed by atoms with Crippen molar-refractivity contribution in [3.63, 3.8) is 0 Å². The van der Waals surface area contributed by atoms with Gasteiger partial charge in [0.15, 0.2) is 0 Å². The molecule has 18 heavy (non-hydrogen) atoms. The maximum atomic E-state index is 11.6. The number of nitrogens with zero attached hydrogens (tertiary/aromatic N) is 1. The van der Waals surface area contributed by atoms with Crippen LogP contribution in [-0.2, 0) is 4.74 Å². The van der Waals surface area contributed by atoms with E-state index in [-0.39, 0.29) is 6.04 Å². The number of hydrogen-bond donors (Lipinski definition) is 2. The fourth-order valence-electron chi connectivity index (χ4n) is 2.01. The van der Waals surface area contributed by atoms with Gasteiger partial charge in [0.2, 0.25) is 0 Å². The van der Waals surface area contributed by atoms with Crippen LogP contribution < -0.4 is 11.1 Å². The van der Waals surface area contributed by atoms with Crippen LogP contribution in [0.1, 0.15) is 36.5 Å². The molecule has 1 aliphatic carbocycles. The molecule has 1 unspecified atom stereocenters. The van der Waals surface area contributed by atoms with Crippen molar-refractivity contribution in [2.45, 2.75) is 32.2 Å². The van der Waals surface area contributed by atoms with Crippen molar-refractivity contribution in [2.24, 2.45) is 5.92 Å². The molecule has 0 bridgehead atoms. The molecule has 0 aliphatic heterocycles. The van der Waals surface area contributed by atoms with Gasteiger partial charge in [0.25, 0.3) is 0 Å². The first-order valence-electron chi connectivity index (χ1n) is 6.20. The van der Waals surface area contributed by atoms with E-state index in [2.05, 4.69) is 17.2 Å². The van der Waals surface area contributed by atoms with Gasteiger partial charge in [-0.25, -0.2) is 9.78 Å². The van der Waals surface area contributed by atoms with E-state index in [9.17, 15) is 4.79 Å². The smallest absolute Gasteiger partial charge is 0.341 e. The summed E-state index contributed by atoms with van der Waals surface area (Å²) in [6.07, 6.45) is 5.27. The minimum atomic E-state index is -0.420. The number of carbonyl (C=O) groups excluding carboxylic acids is 1. The minimum absolute atomic E-state index is 0.289. The number of nitrogen functional groups attached to an aromatic ring is 1. The summed E-state index contributed by atoms with van der Waals surface area (Å²) in [5.74, 6) is 0.947. The summed E-state index contributed by atoms with van der Waals surface area (Å²) in [7, 11) is 1.35. The highest BCUT2D eigenvalue weighted by Gasteiger charge is 2.24. The minimum Gasteiger partial charge on any atom is -0.465 e. The summed E-state index contributed by atoms with van der Waals surface area (Å²) in [4.78, 5) is 15.8. The molecule has 1 aliphatic rings. The molecular formula is C13H19N3O2. The Labute approximate surface area is 107 Å².